The summed E-state index contributed by atoms with van der Waals surface area (Å²) in [5, 5.41) is 9.27. The van der Waals surface area contributed by atoms with Crippen LogP contribution in [0.5, 0.6) is 5.75 Å². The number of halogens is 2. The number of phenolic OH excluding ortho intramolecular Hbond substituents is 1. The number of aromatic hydroxyl groups is 1. The van der Waals surface area contributed by atoms with Gasteiger partial charge in [0.25, 0.3) is 0 Å². The average Bonchev–Trinajstić information content (AvgIpc) is 3.13. The fourth-order valence-corrected chi connectivity index (χ4v) is 2.24. The van der Waals surface area contributed by atoms with E-state index < -0.39 is 0 Å². The second kappa shape index (κ2) is 14.0. The molecule has 0 amide bonds. The second-order valence-electron chi connectivity index (χ2n) is 6.36. The summed E-state index contributed by atoms with van der Waals surface area (Å²) in [5.41, 5.74) is 3.81. The summed E-state index contributed by atoms with van der Waals surface area (Å²) in [4.78, 5) is 3.25. The van der Waals surface area contributed by atoms with Gasteiger partial charge < -0.3 is 29.9 Å². The van der Waals surface area contributed by atoms with Crippen LogP contribution >= 0.6 is 0 Å². The number of benzene rings is 2. The molecule has 0 unspecified atom stereocenters. The largest absolute Gasteiger partial charge is 1.00 e. The molecule has 4 heteroatoms. The first kappa shape index (κ1) is 27.1. The molecule has 2 aromatic rings. The van der Waals surface area contributed by atoms with Crippen molar-refractivity contribution in [3.63, 3.8) is 0 Å². The number of hydrogen-bond acceptors (Lipinski definition) is 1. The van der Waals surface area contributed by atoms with E-state index in [1.807, 2.05) is 42.5 Å². The van der Waals surface area contributed by atoms with Gasteiger partial charge in [-0.15, -0.1) is 6.42 Å². The monoisotopic (exact) mass is 423 g/mol. The van der Waals surface area contributed by atoms with Crippen LogP contribution in [0, 0.1) is 11.5 Å². The molecule has 0 aromatic heterocycles. The smallest absolute Gasteiger partial charge is 1.00 e. The summed E-state index contributed by atoms with van der Waals surface area (Å²) < 4.78 is 0. The zero-order chi connectivity index (χ0) is 18.0. The van der Waals surface area contributed by atoms with Crippen LogP contribution in [0.3, 0.4) is 0 Å². The van der Waals surface area contributed by atoms with Crippen molar-refractivity contribution in [3.05, 3.63) is 78.4 Å². The molecule has 0 saturated carbocycles. The zero-order valence-corrected chi connectivity index (χ0v) is 18.5. The van der Waals surface area contributed by atoms with Gasteiger partial charge in [0.15, 0.2) is 0 Å². The van der Waals surface area contributed by atoms with Crippen LogP contribution in [-0.2, 0) is 20.0 Å². The van der Waals surface area contributed by atoms with E-state index in [-0.39, 0.29) is 24.8 Å². The summed E-state index contributed by atoms with van der Waals surface area (Å²) in [6, 6.07) is 17.3. The van der Waals surface area contributed by atoms with Gasteiger partial charge in [-0.1, -0.05) is 63.2 Å². The SMILES string of the molecule is CC(C)(C)C1=[C-]CC=C1.Oc1cccc(-c2ccccc2)c1.[CH2]=[Ti+].[Cl-].[Cl-]. The van der Waals surface area contributed by atoms with E-state index in [0.717, 1.165) is 17.5 Å². The molecule has 0 fully saturated rings. The van der Waals surface area contributed by atoms with E-state index in [1.165, 1.54) is 5.57 Å². The van der Waals surface area contributed by atoms with Crippen molar-refractivity contribution >= 4 is 4.82 Å². The van der Waals surface area contributed by atoms with Gasteiger partial charge in [0.1, 0.15) is 5.75 Å². The Morgan fingerprint density at radius 1 is 0.923 bits per heavy atom. The van der Waals surface area contributed by atoms with Crippen molar-refractivity contribution in [2.45, 2.75) is 27.2 Å². The summed E-state index contributed by atoms with van der Waals surface area (Å²) in [7, 11) is 0. The van der Waals surface area contributed by atoms with Gasteiger partial charge in [-0.25, -0.2) is 11.6 Å². The minimum absolute atomic E-state index is 0. The third-order valence-corrected chi connectivity index (χ3v) is 3.46. The van der Waals surface area contributed by atoms with Crippen molar-refractivity contribution in [2.75, 3.05) is 0 Å². The van der Waals surface area contributed by atoms with Gasteiger partial charge in [0.2, 0.25) is 0 Å². The Kier molecular flexibility index (Phi) is 14.6. The van der Waals surface area contributed by atoms with Gasteiger partial charge in [0, 0.05) is 0 Å². The molecule has 3 rings (SSSR count). The molecule has 1 nitrogen and oxygen atoms in total. The van der Waals surface area contributed by atoms with Crippen LogP contribution in [0.25, 0.3) is 11.1 Å². The Morgan fingerprint density at radius 3 is 1.92 bits per heavy atom. The van der Waals surface area contributed by atoms with Crippen LogP contribution in [-0.4, -0.2) is 9.92 Å². The molecule has 0 aliphatic heterocycles. The van der Waals surface area contributed by atoms with E-state index in [4.69, 9.17) is 0 Å². The standard InChI is InChI=1S/C12H10O.C9H13.CH2.2ClH.Ti/c13-12-8-4-7-11(9-12)10-5-2-1-3-6-10;1-9(2,3)8-6-4-5-7-8;;;;/h1-9,13H;4,6H,5H2,1-3H3;1H2;2*1H;/q;-1;;;;+1/p-2. The van der Waals surface area contributed by atoms with Crippen molar-refractivity contribution < 1.29 is 49.9 Å². The fourth-order valence-electron chi connectivity index (χ4n) is 2.24. The van der Waals surface area contributed by atoms with Crippen LogP contribution in [0.1, 0.15) is 27.2 Å². The molecule has 0 spiro atoms. The third kappa shape index (κ3) is 9.55. The van der Waals surface area contributed by atoms with E-state index in [0.29, 0.717) is 11.2 Å². The van der Waals surface area contributed by atoms with Gasteiger partial charge in [-0.3, -0.25) is 6.08 Å². The van der Waals surface area contributed by atoms with Crippen LogP contribution in [0.4, 0.5) is 0 Å². The second-order valence-corrected chi connectivity index (χ2v) is 6.36. The fraction of sp³-hybridized carbons (Fsp3) is 0.227. The van der Waals surface area contributed by atoms with E-state index in [1.54, 1.807) is 32.1 Å². The maximum atomic E-state index is 9.27. The van der Waals surface area contributed by atoms with E-state index in [9.17, 15) is 5.11 Å². The Labute approximate surface area is 182 Å². The summed E-state index contributed by atoms with van der Waals surface area (Å²) in [6.07, 6.45) is 8.63. The average molecular weight is 424 g/mol. The summed E-state index contributed by atoms with van der Waals surface area (Å²) >= 11 is 1.75. The number of allylic oxidation sites excluding steroid dienone is 4. The molecule has 26 heavy (non-hydrogen) atoms. The summed E-state index contributed by atoms with van der Waals surface area (Å²) in [5.74, 6) is 0.307. The Morgan fingerprint density at radius 2 is 1.50 bits per heavy atom. The van der Waals surface area contributed by atoms with E-state index >= 15 is 0 Å². The van der Waals surface area contributed by atoms with Crippen LogP contribution in [0.2, 0.25) is 0 Å². The molecule has 1 aliphatic rings. The van der Waals surface area contributed by atoms with Crippen molar-refractivity contribution in [2.24, 2.45) is 5.41 Å². The molecule has 2 aromatic carbocycles. The molecule has 0 atom stereocenters. The summed E-state index contributed by atoms with van der Waals surface area (Å²) in [6.45, 7) is 6.64. The molecule has 0 saturated heterocycles. The first-order valence-electron chi connectivity index (χ1n) is 7.94. The van der Waals surface area contributed by atoms with Gasteiger partial charge in [-0.05, 0) is 28.7 Å². The van der Waals surface area contributed by atoms with E-state index in [2.05, 4.69) is 43.8 Å². The first-order valence-corrected chi connectivity index (χ1v) is 9.05. The minimum atomic E-state index is 0. The molecule has 139 valence electrons. The number of rotatable bonds is 1. The predicted octanol–water partition coefficient (Wildman–Crippen LogP) is -0.246. The Hall–Kier alpha value is -1.12. The van der Waals surface area contributed by atoms with Crippen molar-refractivity contribution in [1.82, 2.24) is 0 Å². The number of phenols is 1. The molecule has 1 aliphatic carbocycles. The van der Waals surface area contributed by atoms with Crippen LogP contribution in [0.15, 0.2) is 72.3 Å². The Bertz CT molecular complexity index is 689. The molecule has 0 bridgehead atoms. The molecule has 0 heterocycles. The normalized spacial score (nSPS) is 11.5. The molecular weight excluding hydrogens is 399 g/mol. The first-order chi connectivity index (χ1) is 11.5. The predicted molar refractivity (Wildman–Crippen MR) is 101 cm³/mol. The number of hydrogen-bond donors (Lipinski definition) is 1. The molecular formula is C22H25Cl2OTi-2. The molecule has 1 N–H and O–H groups in total. The van der Waals surface area contributed by atoms with Crippen molar-refractivity contribution in [1.29, 1.82) is 0 Å². The topological polar surface area (TPSA) is 20.2 Å². The minimum Gasteiger partial charge on any atom is -1.00 e. The Balaban J connectivity index is 0. The maximum Gasteiger partial charge on any atom is -1.00 e. The third-order valence-electron chi connectivity index (χ3n) is 3.46. The van der Waals surface area contributed by atoms with Gasteiger partial charge in [-0.2, -0.15) is 6.08 Å². The quantitative estimate of drug-likeness (QED) is 0.495. The van der Waals surface area contributed by atoms with Crippen LogP contribution < -0.4 is 24.8 Å². The zero-order valence-electron chi connectivity index (χ0n) is 15.5. The van der Waals surface area contributed by atoms with Crippen molar-refractivity contribution in [3.8, 4) is 16.9 Å². The molecule has 0 radical (unpaired) electrons. The van der Waals surface area contributed by atoms with Gasteiger partial charge >= 0.3 is 24.8 Å². The maximum absolute atomic E-state index is 9.27. The van der Waals surface area contributed by atoms with Gasteiger partial charge in [0.05, 0.1) is 0 Å².